The molecule has 0 aliphatic carbocycles. The lowest BCUT2D eigenvalue weighted by Gasteiger charge is -2.14. The number of allylic oxidation sites excluding steroid dienone is 1. The van der Waals surface area contributed by atoms with E-state index in [2.05, 4.69) is 11.6 Å². The van der Waals surface area contributed by atoms with Gasteiger partial charge in [-0.25, -0.2) is 0 Å². The molecule has 0 fully saturated rings. The Labute approximate surface area is 170 Å². The number of aromatic nitrogens is 1. The average molecular weight is 391 g/mol. The van der Waals surface area contributed by atoms with Gasteiger partial charge in [0.15, 0.2) is 5.75 Å². The summed E-state index contributed by atoms with van der Waals surface area (Å²) < 4.78 is 17.4. The zero-order valence-electron chi connectivity index (χ0n) is 16.7. The lowest BCUT2D eigenvalue weighted by atomic mass is 10.2. The van der Waals surface area contributed by atoms with E-state index in [9.17, 15) is 4.79 Å². The molecule has 0 bridgehead atoms. The Bertz CT molecular complexity index is 1060. The van der Waals surface area contributed by atoms with Crippen molar-refractivity contribution in [2.45, 2.75) is 20.5 Å². The van der Waals surface area contributed by atoms with Crippen molar-refractivity contribution in [1.29, 1.82) is 0 Å². The Morgan fingerprint density at radius 3 is 2.48 bits per heavy atom. The minimum absolute atomic E-state index is 0.150. The van der Waals surface area contributed by atoms with Crippen molar-refractivity contribution in [2.75, 3.05) is 13.2 Å². The highest BCUT2D eigenvalue weighted by Gasteiger charge is 2.16. The third kappa shape index (κ3) is 5.29. The van der Waals surface area contributed by atoms with Crippen LogP contribution < -0.4 is 19.8 Å². The van der Waals surface area contributed by atoms with Gasteiger partial charge in [-0.15, -0.1) is 0 Å². The fourth-order valence-corrected chi connectivity index (χ4v) is 2.77. The van der Waals surface area contributed by atoms with Crippen LogP contribution in [0.2, 0.25) is 0 Å². The van der Waals surface area contributed by atoms with Crippen molar-refractivity contribution in [3.63, 3.8) is 0 Å². The van der Waals surface area contributed by atoms with Crippen LogP contribution in [0.4, 0.5) is 0 Å². The van der Waals surface area contributed by atoms with Crippen molar-refractivity contribution in [2.24, 2.45) is 0 Å². The molecule has 5 nitrogen and oxygen atoms in total. The molecule has 0 saturated heterocycles. The summed E-state index contributed by atoms with van der Waals surface area (Å²) in [7, 11) is 0. The molecule has 29 heavy (non-hydrogen) atoms. The van der Waals surface area contributed by atoms with E-state index < -0.39 is 0 Å². The van der Waals surface area contributed by atoms with Crippen LogP contribution in [-0.2, 0) is 6.61 Å². The summed E-state index contributed by atoms with van der Waals surface area (Å²) in [4.78, 5) is 15.5. The van der Waals surface area contributed by atoms with Crippen LogP contribution >= 0.6 is 0 Å². The number of H-pyrrole nitrogens is 1. The molecule has 150 valence electrons. The van der Waals surface area contributed by atoms with Gasteiger partial charge in [0.25, 0.3) is 5.56 Å². The summed E-state index contributed by atoms with van der Waals surface area (Å²) in [5, 5.41) is 0.748. The van der Waals surface area contributed by atoms with E-state index in [0.29, 0.717) is 30.2 Å². The van der Waals surface area contributed by atoms with E-state index in [1.807, 2.05) is 62.4 Å². The SMILES string of the molecule is C=CCOc1c(OCC=C(C)C)c2ccc(OCc3ccccc3)cc2[nH]c1=O. The van der Waals surface area contributed by atoms with E-state index in [4.69, 9.17) is 14.2 Å². The fourth-order valence-electron chi connectivity index (χ4n) is 2.77. The topological polar surface area (TPSA) is 60.6 Å². The standard InChI is InChI=1S/C24H25NO4/c1-4-13-27-23-22(28-14-12-17(2)3)20-11-10-19(15-21(20)25-24(23)26)29-16-18-8-6-5-7-9-18/h4-12,15H,1,13-14,16H2,2-3H3,(H,25,26). The lowest BCUT2D eigenvalue weighted by Crippen LogP contribution is -2.14. The van der Waals surface area contributed by atoms with Gasteiger partial charge in [-0.1, -0.05) is 48.6 Å². The largest absolute Gasteiger partial charge is 0.489 e. The van der Waals surface area contributed by atoms with Gasteiger partial charge in [0, 0.05) is 11.5 Å². The summed E-state index contributed by atoms with van der Waals surface area (Å²) in [6.07, 6.45) is 3.53. The van der Waals surface area contributed by atoms with Gasteiger partial charge in [0.2, 0.25) is 5.75 Å². The van der Waals surface area contributed by atoms with Crippen LogP contribution in [0.15, 0.2) is 77.6 Å². The molecule has 0 atom stereocenters. The highest BCUT2D eigenvalue weighted by molar-refractivity contribution is 5.88. The van der Waals surface area contributed by atoms with Crippen molar-refractivity contribution in [3.05, 3.63) is 88.8 Å². The maximum absolute atomic E-state index is 12.6. The van der Waals surface area contributed by atoms with Crippen LogP contribution in [0, 0.1) is 0 Å². The molecule has 2 aromatic carbocycles. The zero-order chi connectivity index (χ0) is 20.6. The molecule has 3 rings (SSSR count). The maximum atomic E-state index is 12.6. The molecule has 1 N–H and O–H groups in total. The van der Waals surface area contributed by atoms with Gasteiger partial charge in [0.05, 0.1) is 5.52 Å². The second kappa shape index (κ2) is 9.64. The first-order valence-electron chi connectivity index (χ1n) is 9.45. The van der Waals surface area contributed by atoms with Gasteiger partial charge in [0.1, 0.15) is 25.6 Å². The fraction of sp³-hybridized carbons (Fsp3) is 0.208. The van der Waals surface area contributed by atoms with E-state index in [0.717, 1.165) is 16.5 Å². The van der Waals surface area contributed by atoms with Crippen LogP contribution in [0.1, 0.15) is 19.4 Å². The number of rotatable bonds is 9. The molecule has 0 radical (unpaired) electrons. The quantitative estimate of drug-likeness (QED) is 0.521. The molecule has 3 aromatic rings. The van der Waals surface area contributed by atoms with Crippen molar-refractivity contribution in [3.8, 4) is 17.2 Å². The third-order valence-electron chi connectivity index (χ3n) is 4.21. The van der Waals surface area contributed by atoms with Crippen LogP contribution in [0.3, 0.4) is 0 Å². The highest BCUT2D eigenvalue weighted by atomic mass is 16.5. The molecule has 0 saturated carbocycles. The van der Waals surface area contributed by atoms with Crippen LogP contribution in [-0.4, -0.2) is 18.2 Å². The van der Waals surface area contributed by atoms with Crippen molar-refractivity contribution >= 4 is 10.9 Å². The average Bonchev–Trinajstić information content (AvgIpc) is 2.72. The minimum atomic E-state index is -0.355. The molecule has 0 amide bonds. The van der Waals surface area contributed by atoms with Gasteiger partial charge in [-0.05, 0) is 37.6 Å². The highest BCUT2D eigenvalue weighted by Crippen LogP contribution is 2.33. The van der Waals surface area contributed by atoms with Crippen LogP contribution in [0.5, 0.6) is 17.2 Å². The Hall–Kier alpha value is -3.47. The molecule has 0 spiro atoms. The molecule has 1 aromatic heterocycles. The van der Waals surface area contributed by atoms with Crippen molar-refractivity contribution < 1.29 is 14.2 Å². The molecular weight excluding hydrogens is 366 g/mol. The molecule has 0 aliphatic rings. The second-order valence-electron chi connectivity index (χ2n) is 6.79. The summed E-state index contributed by atoms with van der Waals surface area (Å²) in [6.45, 7) is 8.62. The zero-order valence-corrected chi connectivity index (χ0v) is 16.7. The number of benzene rings is 2. The summed E-state index contributed by atoms with van der Waals surface area (Å²) in [5.74, 6) is 1.22. The Morgan fingerprint density at radius 1 is 1.00 bits per heavy atom. The smallest absolute Gasteiger partial charge is 0.294 e. The first kappa shape index (κ1) is 20.3. The van der Waals surface area contributed by atoms with Crippen molar-refractivity contribution in [1.82, 2.24) is 4.98 Å². The minimum Gasteiger partial charge on any atom is -0.489 e. The summed E-state index contributed by atoms with van der Waals surface area (Å²) in [6, 6.07) is 15.4. The summed E-state index contributed by atoms with van der Waals surface area (Å²) >= 11 is 0. The molecular formula is C24H25NO4. The summed E-state index contributed by atoms with van der Waals surface area (Å²) in [5.41, 5.74) is 2.47. The number of nitrogens with one attached hydrogen (secondary N) is 1. The van der Waals surface area contributed by atoms with Gasteiger partial charge in [-0.3, -0.25) is 4.79 Å². The number of hydrogen-bond acceptors (Lipinski definition) is 4. The molecule has 0 aliphatic heterocycles. The number of pyridine rings is 1. The van der Waals surface area contributed by atoms with Gasteiger partial charge in [-0.2, -0.15) is 0 Å². The molecule has 0 unspecified atom stereocenters. The molecule has 5 heteroatoms. The first-order valence-corrected chi connectivity index (χ1v) is 9.45. The third-order valence-corrected chi connectivity index (χ3v) is 4.21. The maximum Gasteiger partial charge on any atom is 0.294 e. The van der Waals surface area contributed by atoms with E-state index in [1.54, 1.807) is 12.1 Å². The monoisotopic (exact) mass is 391 g/mol. The first-order chi connectivity index (χ1) is 14.1. The predicted octanol–water partition coefficient (Wildman–Crippen LogP) is 5.02. The molecule has 1 heterocycles. The Kier molecular flexibility index (Phi) is 6.74. The van der Waals surface area contributed by atoms with E-state index in [1.165, 1.54) is 0 Å². The lowest BCUT2D eigenvalue weighted by molar-refractivity contribution is 0.304. The second-order valence-corrected chi connectivity index (χ2v) is 6.79. The van der Waals surface area contributed by atoms with Gasteiger partial charge >= 0.3 is 0 Å². The van der Waals surface area contributed by atoms with Crippen LogP contribution in [0.25, 0.3) is 10.9 Å². The van der Waals surface area contributed by atoms with Gasteiger partial charge < -0.3 is 19.2 Å². The number of hydrogen-bond donors (Lipinski definition) is 1. The Balaban J connectivity index is 1.94. The number of aromatic amines is 1. The van der Waals surface area contributed by atoms with E-state index in [-0.39, 0.29) is 17.9 Å². The number of ether oxygens (including phenoxy) is 3. The normalized spacial score (nSPS) is 10.4. The number of fused-ring (bicyclic) bond motifs is 1. The van der Waals surface area contributed by atoms with E-state index >= 15 is 0 Å². The predicted molar refractivity (Wildman–Crippen MR) is 116 cm³/mol. The Morgan fingerprint density at radius 2 is 1.76 bits per heavy atom.